The van der Waals surface area contributed by atoms with Crippen LogP contribution >= 0.6 is 0 Å². The zero-order chi connectivity index (χ0) is 10.7. The summed E-state index contributed by atoms with van der Waals surface area (Å²) in [7, 11) is 1.49. The van der Waals surface area contributed by atoms with E-state index in [4.69, 9.17) is 9.47 Å². The van der Waals surface area contributed by atoms with Crippen LogP contribution < -0.4 is 0 Å². The van der Waals surface area contributed by atoms with Crippen molar-refractivity contribution in [2.75, 3.05) is 7.11 Å². The summed E-state index contributed by atoms with van der Waals surface area (Å²) in [5.74, 6) is 0.326. The third kappa shape index (κ3) is 2.18. The maximum absolute atomic E-state index is 11.4. The number of methoxy groups -OCH3 is 1. The zero-order valence-electron chi connectivity index (χ0n) is 8.47. The van der Waals surface area contributed by atoms with Crippen LogP contribution in [0.3, 0.4) is 0 Å². The van der Waals surface area contributed by atoms with Gasteiger partial charge in [0.2, 0.25) is 0 Å². The third-order valence-electron chi connectivity index (χ3n) is 2.30. The maximum Gasteiger partial charge on any atom is 0.283 e. The molecule has 3 nitrogen and oxygen atoms in total. The largest absolute Gasteiger partial charge is 0.469 e. The van der Waals surface area contributed by atoms with E-state index in [9.17, 15) is 4.79 Å². The Morgan fingerprint density at radius 2 is 2.07 bits per heavy atom. The van der Waals surface area contributed by atoms with E-state index < -0.39 is 0 Å². The number of carbonyl (C=O) groups excluding carboxylic acids is 1. The van der Waals surface area contributed by atoms with Gasteiger partial charge in [0.05, 0.1) is 19.6 Å². The van der Waals surface area contributed by atoms with Crippen LogP contribution in [0.15, 0.2) is 42.4 Å². The fourth-order valence-electron chi connectivity index (χ4n) is 1.55. The molecule has 1 atom stereocenters. The molecule has 0 spiro atoms. The summed E-state index contributed by atoms with van der Waals surface area (Å²) < 4.78 is 10.4. The predicted octanol–water partition coefficient (Wildman–Crippen LogP) is 2.20. The average Bonchev–Trinajstić information content (AvgIpc) is 2.29. The summed E-state index contributed by atoms with van der Waals surface area (Å²) in [5, 5.41) is 0. The fraction of sp³-hybridized carbons (Fsp3) is 0.250. The van der Waals surface area contributed by atoms with Crippen LogP contribution in [-0.2, 0) is 14.3 Å². The van der Waals surface area contributed by atoms with Crippen LogP contribution in [0.25, 0.3) is 0 Å². The molecule has 0 radical (unpaired) electrons. The summed E-state index contributed by atoms with van der Waals surface area (Å²) in [6.07, 6.45) is 1.54. The van der Waals surface area contributed by atoms with Crippen LogP contribution in [-0.4, -0.2) is 12.9 Å². The topological polar surface area (TPSA) is 35.5 Å². The number of benzene rings is 1. The molecule has 0 saturated heterocycles. The van der Waals surface area contributed by atoms with Gasteiger partial charge in [0.1, 0.15) is 6.10 Å². The Balaban J connectivity index is 2.20. The monoisotopic (exact) mass is 204 g/mol. The number of ketones is 1. The van der Waals surface area contributed by atoms with Crippen molar-refractivity contribution in [3.05, 3.63) is 47.9 Å². The van der Waals surface area contributed by atoms with Crippen molar-refractivity contribution < 1.29 is 14.3 Å². The summed E-state index contributed by atoms with van der Waals surface area (Å²) in [5.41, 5.74) is 0.994. The normalized spacial score (nSPS) is 20.5. The lowest BCUT2D eigenvalue weighted by atomic mass is 10.0. The third-order valence-corrected chi connectivity index (χ3v) is 2.30. The van der Waals surface area contributed by atoms with E-state index in [2.05, 4.69) is 0 Å². The minimum atomic E-state index is -0.223. The summed E-state index contributed by atoms with van der Waals surface area (Å²) in [6, 6.07) is 9.66. The second kappa shape index (κ2) is 4.17. The quantitative estimate of drug-likeness (QED) is 0.740. The number of rotatable bonds is 2. The molecule has 0 fully saturated rings. The first-order valence-electron chi connectivity index (χ1n) is 4.79. The van der Waals surface area contributed by atoms with Crippen molar-refractivity contribution in [1.29, 1.82) is 0 Å². The Hall–Kier alpha value is -1.77. The van der Waals surface area contributed by atoms with Crippen molar-refractivity contribution in [2.45, 2.75) is 12.5 Å². The molecule has 1 unspecified atom stereocenters. The molecular formula is C12H12O3. The number of allylic oxidation sites excluding steroid dienone is 1. The van der Waals surface area contributed by atoms with Crippen LogP contribution in [0.2, 0.25) is 0 Å². The number of hydrogen-bond donors (Lipinski definition) is 0. The second-order valence-corrected chi connectivity index (χ2v) is 3.36. The number of hydrogen-bond acceptors (Lipinski definition) is 3. The molecule has 0 aliphatic carbocycles. The van der Waals surface area contributed by atoms with Gasteiger partial charge in [-0.15, -0.1) is 0 Å². The van der Waals surface area contributed by atoms with Crippen LogP contribution in [0.5, 0.6) is 0 Å². The Bertz CT molecular complexity index is 381. The van der Waals surface area contributed by atoms with Gasteiger partial charge in [-0.05, 0) is 5.56 Å². The van der Waals surface area contributed by atoms with Gasteiger partial charge >= 0.3 is 0 Å². The minimum Gasteiger partial charge on any atom is -0.469 e. The van der Waals surface area contributed by atoms with Crippen molar-refractivity contribution in [2.24, 2.45) is 0 Å². The molecule has 78 valence electrons. The highest BCUT2D eigenvalue weighted by Gasteiger charge is 2.23. The molecule has 0 N–H and O–H groups in total. The van der Waals surface area contributed by atoms with E-state index in [-0.39, 0.29) is 11.9 Å². The van der Waals surface area contributed by atoms with E-state index in [1.54, 1.807) is 0 Å². The Morgan fingerprint density at radius 1 is 1.33 bits per heavy atom. The summed E-state index contributed by atoms with van der Waals surface area (Å²) >= 11 is 0. The lowest BCUT2D eigenvalue weighted by Gasteiger charge is -2.22. The first-order chi connectivity index (χ1) is 7.29. The highest BCUT2D eigenvalue weighted by Crippen LogP contribution is 2.28. The lowest BCUT2D eigenvalue weighted by Crippen LogP contribution is -2.16. The number of ether oxygens (including phenoxy) is 2. The van der Waals surface area contributed by atoms with Gasteiger partial charge in [-0.25, -0.2) is 0 Å². The van der Waals surface area contributed by atoms with Crippen molar-refractivity contribution in [3.8, 4) is 0 Å². The zero-order valence-corrected chi connectivity index (χ0v) is 8.47. The minimum absolute atomic E-state index is 0.0342. The summed E-state index contributed by atoms with van der Waals surface area (Å²) in [4.78, 5) is 11.4. The van der Waals surface area contributed by atoms with Gasteiger partial charge in [0.15, 0.2) is 5.78 Å². The molecule has 1 heterocycles. The molecule has 1 aromatic rings. The first-order valence-corrected chi connectivity index (χ1v) is 4.79. The molecule has 0 saturated carbocycles. The van der Waals surface area contributed by atoms with Gasteiger partial charge in [-0.2, -0.15) is 0 Å². The van der Waals surface area contributed by atoms with Crippen molar-refractivity contribution in [3.63, 3.8) is 0 Å². The van der Waals surface area contributed by atoms with Crippen molar-refractivity contribution in [1.82, 2.24) is 0 Å². The average molecular weight is 204 g/mol. The molecule has 3 heteroatoms. The van der Waals surface area contributed by atoms with Crippen LogP contribution in [0.4, 0.5) is 0 Å². The molecule has 2 rings (SSSR count). The molecule has 1 aliphatic heterocycles. The first kappa shape index (κ1) is 9.77. The molecule has 0 amide bonds. The molecule has 1 aromatic carbocycles. The van der Waals surface area contributed by atoms with Gasteiger partial charge in [0, 0.05) is 0 Å². The van der Waals surface area contributed by atoms with E-state index in [0.29, 0.717) is 12.4 Å². The van der Waals surface area contributed by atoms with Gasteiger partial charge in [0.25, 0.3) is 5.95 Å². The standard InChI is InChI=1S/C12H12O3/c1-14-12-8-10(13)7-11(15-12)9-5-3-2-4-6-9/h2-6,8,11H,7H2,1H3. The smallest absolute Gasteiger partial charge is 0.283 e. The van der Waals surface area contributed by atoms with E-state index in [1.165, 1.54) is 13.2 Å². The molecule has 1 aliphatic rings. The second-order valence-electron chi connectivity index (χ2n) is 3.36. The fourth-order valence-corrected chi connectivity index (χ4v) is 1.55. The molecule has 15 heavy (non-hydrogen) atoms. The van der Waals surface area contributed by atoms with E-state index in [0.717, 1.165) is 5.56 Å². The Labute approximate surface area is 88.3 Å². The van der Waals surface area contributed by atoms with E-state index >= 15 is 0 Å². The lowest BCUT2D eigenvalue weighted by molar-refractivity contribution is -0.121. The SMILES string of the molecule is COC1=CC(=O)CC(c2ccccc2)O1. The highest BCUT2D eigenvalue weighted by molar-refractivity contribution is 5.90. The molecular weight excluding hydrogens is 192 g/mol. The van der Waals surface area contributed by atoms with E-state index in [1.807, 2.05) is 30.3 Å². The highest BCUT2D eigenvalue weighted by atomic mass is 16.7. The van der Waals surface area contributed by atoms with Crippen LogP contribution in [0.1, 0.15) is 18.1 Å². The predicted molar refractivity (Wildman–Crippen MR) is 55.0 cm³/mol. The molecule has 0 bridgehead atoms. The van der Waals surface area contributed by atoms with Gasteiger partial charge in [-0.3, -0.25) is 4.79 Å². The Kier molecular flexibility index (Phi) is 2.72. The maximum atomic E-state index is 11.4. The summed E-state index contributed by atoms with van der Waals surface area (Å²) in [6.45, 7) is 0. The van der Waals surface area contributed by atoms with Crippen LogP contribution in [0, 0.1) is 0 Å². The molecule has 0 aromatic heterocycles. The number of carbonyl (C=O) groups is 1. The van der Waals surface area contributed by atoms with Gasteiger partial charge < -0.3 is 9.47 Å². The Morgan fingerprint density at radius 3 is 2.73 bits per heavy atom. The van der Waals surface area contributed by atoms with Gasteiger partial charge in [-0.1, -0.05) is 30.3 Å². The van der Waals surface area contributed by atoms with Crippen molar-refractivity contribution >= 4 is 5.78 Å².